The van der Waals surface area contributed by atoms with Crippen LogP contribution in [0.2, 0.25) is 0 Å². The average Bonchev–Trinajstić information content (AvgIpc) is 2.73. The Labute approximate surface area is 162 Å². The summed E-state index contributed by atoms with van der Waals surface area (Å²) in [7, 11) is -2.67. The van der Waals surface area contributed by atoms with Crippen molar-refractivity contribution in [2.75, 3.05) is 7.05 Å². The number of likely N-dealkylation sites (N-methyl/N-ethyl adjacent to an activating group) is 1. The molecule has 2 heterocycles. The summed E-state index contributed by atoms with van der Waals surface area (Å²) in [5.41, 5.74) is 1.73. The van der Waals surface area contributed by atoms with Gasteiger partial charge in [0.25, 0.3) is 10.0 Å². The van der Waals surface area contributed by atoms with E-state index in [1.165, 1.54) is 19.2 Å². The van der Waals surface area contributed by atoms with E-state index in [-0.39, 0.29) is 16.2 Å². The summed E-state index contributed by atoms with van der Waals surface area (Å²) in [6.45, 7) is 0. The predicted octanol–water partition coefficient (Wildman–Crippen LogP) is 3.49. The van der Waals surface area contributed by atoms with Crippen molar-refractivity contribution in [3.05, 3.63) is 89.9 Å². The molecule has 1 aliphatic rings. The number of carbonyl (C=O) groups is 1. The van der Waals surface area contributed by atoms with Gasteiger partial charge in [-0.15, -0.1) is 0 Å². The lowest BCUT2D eigenvalue weighted by atomic mass is 10.0. The lowest BCUT2D eigenvalue weighted by molar-refractivity contribution is 0.100. The number of sulfonamides is 1. The fraction of sp³-hybridized carbons (Fsp3) is 0.0476. The Morgan fingerprint density at radius 2 is 1.75 bits per heavy atom. The van der Waals surface area contributed by atoms with Gasteiger partial charge in [0.05, 0.1) is 4.90 Å². The van der Waals surface area contributed by atoms with E-state index in [1.807, 2.05) is 12.1 Å². The molecule has 6 nitrogen and oxygen atoms in total. The van der Waals surface area contributed by atoms with Crippen LogP contribution in [-0.2, 0) is 10.0 Å². The molecule has 0 saturated carbocycles. The van der Waals surface area contributed by atoms with Crippen molar-refractivity contribution in [2.45, 2.75) is 4.90 Å². The summed E-state index contributed by atoms with van der Waals surface area (Å²) in [6.07, 6.45) is 3.34. The van der Waals surface area contributed by atoms with E-state index in [0.717, 1.165) is 15.4 Å². The Morgan fingerprint density at radius 3 is 2.50 bits per heavy atom. The molecule has 0 saturated heterocycles. The first-order valence-corrected chi connectivity index (χ1v) is 9.92. The second kappa shape index (κ2) is 6.61. The van der Waals surface area contributed by atoms with Gasteiger partial charge in [-0.05, 0) is 29.8 Å². The third-order valence-corrected chi connectivity index (χ3v) is 6.47. The minimum absolute atomic E-state index is 0.0468. The van der Waals surface area contributed by atoms with Gasteiger partial charge in [-0.1, -0.05) is 36.4 Å². The van der Waals surface area contributed by atoms with E-state index in [1.54, 1.807) is 48.8 Å². The summed E-state index contributed by atoms with van der Waals surface area (Å²) in [5.74, 6) is -0.937. The molecule has 0 aliphatic carbocycles. The Balaban J connectivity index is 1.89. The number of carbonyl (C=O) groups excluding carboxylic acids is 1. The molecule has 0 fully saturated rings. The molecule has 7 heteroatoms. The Kier molecular flexibility index (Phi) is 4.24. The highest BCUT2D eigenvalue weighted by Crippen LogP contribution is 2.34. The highest BCUT2D eigenvalue weighted by Gasteiger charge is 2.39. The average molecular weight is 392 g/mol. The number of nitrogens with zero attached hydrogens (tertiary/aromatic N) is 2. The third kappa shape index (κ3) is 2.76. The van der Waals surface area contributed by atoms with Crippen LogP contribution in [0.5, 0.6) is 0 Å². The number of Topliss-reactive ketones (excluding diaryl/α,β-unsaturated/α-hetero) is 1. The van der Waals surface area contributed by atoms with E-state index >= 15 is 0 Å². The maximum absolute atomic E-state index is 13.0. The normalized spacial score (nSPS) is 17.2. The summed E-state index contributed by atoms with van der Waals surface area (Å²) >= 11 is 0. The number of hydrogen-bond acceptors (Lipinski definition) is 5. The van der Waals surface area contributed by atoms with Gasteiger partial charge in [-0.25, -0.2) is 8.42 Å². The zero-order valence-corrected chi connectivity index (χ0v) is 15.7. The van der Waals surface area contributed by atoms with Crippen LogP contribution in [0, 0.1) is 0 Å². The van der Waals surface area contributed by atoms with Crippen LogP contribution in [0.4, 0.5) is 0 Å². The summed E-state index contributed by atoms with van der Waals surface area (Å²) in [5, 5.41) is 10.9. The number of pyridine rings is 1. The molecule has 1 N–H and O–H groups in total. The molecule has 1 aliphatic heterocycles. The summed E-state index contributed by atoms with van der Waals surface area (Å²) in [4.78, 5) is 17.0. The van der Waals surface area contributed by atoms with Gasteiger partial charge < -0.3 is 5.11 Å². The first-order valence-electron chi connectivity index (χ1n) is 8.48. The van der Waals surface area contributed by atoms with Crippen molar-refractivity contribution in [3.63, 3.8) is 0 Å². The van der Waals surface area contributed by atoms with Gasteiger partial charge in [-0.2, -0.15) is 0 Å². The van der Waals surface area contributed by atoms with Crippen LogP contribution in [0.25, 0.3) is 16.9 Å². The van der Waals surface area contributed by atoms with Gasteiger partial charge in [0, 0.05) is 36.1 Å². The van der Waals surface area contributed by atoms with E-state index in [9.17, 15) is 18.3 Å². The number of ketones is 1. The third-order valence-electron chi connectivity index (χ3n) is 4.66. The summed E-state index contributed by atoms with van der Waals surface area (Å²) in [6, 6.07) is 16.5. The Morgan fingerprint density at radius 1 is 1.00 bits per heavy atom. The molecule has 4 rings (SSSR count). The molecule has 140 valence electrons. The Hall–Kier alpha value is -3.45. The first-order chi connectivity index (χ1) is 13.4. The Bertz CT molecular complexity index is 1220. The first kappa shape index (κ1) is 17.9. The van der Waals surface area contributed by atoms with Crippen LogP contribution in [0.3, 0.4) is 0 Å². The van der Waals surface area contributed by atoms with Crippen LogP contribution < -0.4 is 0 Å². The van der Waals surface area contributed by atoms with Crippen LogP contribution in [0.15, 0.2) is 83.6 Å². The highest BCUT2D eigenvalue weighted by atomic mass is 32.2. The van der Waals surface area contributed by atoms with Crippen molar-refractivity contribution >= 4 is 21.6 Å². The van der Waals surface area contributed by atoms with Crippen molar-refractivity contribution in [1.82, 2.24) is 9.29 Å². The van der Waals surface area contributed by atoms with E-state index in [0.29, 0.717) is 5.56 Å². The molecule has 0 bridgehead atoms. The molecule has 1 aromatic heterocycles. The maximum atomic E-state index is 13.0. The number of aromatic nitrogens is 1. The molecule has 0 amide bonds. The predicted molar refractivity (Wildman–Crippen MR) is 105 cm³/mol. The molecule has 0 spiro atoms. The highest BCUT2D eigenvalue weighted by molar-refractivity contribution is 7.89. The lowest BCUT2D eigenvalue weighted by Gasteiger charge is -2.28. The van der Waals surface area contributed by atoms with E-state index < -0.39 is 21.6 Å². The smallest absolute Gasteiger partial charge is 0.265 e. The van der Waals surface area contributed by atoms with Gasteiger partial charge in [0.2, 0.25) is 5.78 Å². The number of hydrogen-bond donors (Lipinski definition) is 1. The molecule has 28 heavy (non-hydrogen) atoms. The number of aliphatic hydroxyl groups excluding tert-OH is 1. The second-order valence-corrected chi connectivity index (χ2v) is 8.26. The van der Waals surface area contributed by atoms with Crippen LogP contribution >= 0.6 is 0 Å². The monoisotopic (exact) mass is 392 g/mol. The van der Waals surface area contributed by atoms with Crippen molar-refractivity contribution in [2.24, 2.45) is 0 Å². The van der Waals surface area contributed by atoms with Crippen LogP contribution in [0.1, 0.15) is 15.9 Å². The second-order valence-electron chi connectivity index (χ2n) is 6.32. The number of aliphatic hydroxyl groups is 1. The molecule has 0 atom stereocenters. The van der Waals surface area contributed by atoms with Gasteiger partial charge in [-0.3, -0.25) is 14.1 Å². The molecule has 0 radical (unpaired) electrons. The van der Waals surface area contributed by atoms with Gasteiger partial charge in [0.15, 0.2) is 5.76 Å². The fourth-order valence-corrected chi connectivity index (χ4v) is 4.58. The minimum Gasteiger partial charge on any atom is -0.505 e. The van der Waals surface area contributed by atoms with Gasteiger partial charge >= 0.3 is 0 Å². The van der Waals surface area contributed by atoms with E-state index in [2.05, 4.69) is 4.98 Å². The molecule has 3 aromatic rings. The van der Waals surface area contributed by atoms with E-state index in [4.69, 9.17) is 0 Å². The van der Waals surface area contributed by atoms with Crippen molar-refractivity contribution in [3.8, 4) is 11.1 Å². The lowest BCUT2D eigenvalue weighted by Crippen LogP contribution is -2.37. The fourth-order valence-electron chi connectivity index (χ4n) is 3.19. The minimum atomic E-state index is -3.93. The van der Waals surface area contributed by atoms with Crippen molar-refractivity contribution < 1.29 is 18.3 Å². The number of allylic oxidation sites excluding steroid dienone is 1. The zero-order valence-electron chi connectivity index (χ0n) is 14.9. The molecular weight excluding hydrogens is 376 g/mol. The molecule has 2 aromatic carbocycles. The zero-order chi connectivity index (χ0) is 19.9. The van der Waals surface area contributed by atoms with Crippen molar-refractivity contribution in [1.29, 1.82) is 0 Å². The quantitative estimate of drug-likeness (QED) is 0.533. The number of rotatable bonds is 2. The van der Waals surface area contributed by atoms with Crippen LogP contribution in [-0.4, -0.2) is 35.6 Å². The maximum Gasteiger partial charge on any atom is 0.265 e. The molecule has 0 unspecified atom stereocenters. The number of benzene rings is 2. The molecular formula is C21H16N2O4S. The van der Waals surface area contributed by atoms with Gasteiger partial charge in [0.1, 0.15) is 5.70 Å². The number of fused-ring (bicyclic) bond motifs is 1. The standard InChI is InChI=1S/C21H16N2O4S/c1-23-19(21(25)17-9-2-3-10-18(17)28(23,26)27)20(24)15-7-4-6-14(12-15)16-8-5-11-22-13-16/h2-13,24H,1H3. The summed E-state index contributed by atoms with van der Waals surface area (Å²) < 4.78 is 26.4. The SMILES string of the molecule is CN1C(=C(O)c2cccc(-c3cccnc3)c2)C(=O)c2ccccc2S1(=O)=O. The topological polar surface area (TPSA) is 87.6 Å². The largest absolute Gasteiger partial charge is 0.505 e.